The Morgan fingerprint density at radius 3 is 2.19 bits per heavy atom. The first-order valence-corrected chi connectivity index (χ1v) is 9.58. The molecular formula is C21H18O4S2. The minimum absolute atomic E-state index is 0.108. The second-order valence-corrected chi connectivity index (χ2v) is 7.76. The summed E-state index contributed by atoms with van der Waals surface area (Å²) in [6, 6.07) is 11.8. The smallest absolute Gasteiger partial charge is 0.343 e. The van der Waals surface area contributed by atoms with E-state index in [4.69, 9.17) is 4.74 Å². The zero-order chi connectivity index (χ0) is 20.0. The maximum Gasteiger partial charge on any atom is 0.343 e. The fraction of sp³-hybridized carbons (Fsp3) is 0.0952. The summed E-state index contributed by atoms with van der Waals surface area (Å²) in [4.78, 5) is 36.9. The second-order valence-electron chi connectivity index (χ2n) is 5.63. The Morgan fingerprint density at radius 1 is 1.00 bits per heavy atom. The number of esters is 1. The van der Waals surface area contributed by atoms with Crippen LogP contribution >= 0.6 is 23.5 Å². The molecule has 0 aromatic heterocycles. The lowest BCUT2D eigenvalue weighted by molar-refractivity contribution is -0.108. The average molecular weight is 399 g/mol. The normalized spacial score (nSPS) is 10.1. The van der Waals surface area contributed by atoms with E-state index in [-0.39, 0.29) is 10.2 Å². The number of benzene rings is 2. The SMILES string of the molecule is C=CC(=O)Sc1ccc(C(=O)Oc2ccc(SC(=O)C(=C)C)cc2)c(C)c1. The molecule has 2 rings (SSSR count). The predicted octanol–water partition coefficient (Wildman–Crippen LogP) is 5.21. The first kappa shape index (κ1) is 20.7. The highest BCUT2D eigenvalue weighted by atomic mass is 32.2. The van der Waals surface area contributed by atoms with Gasteiger partial charge in [0, 0.05) is 9.79 Å². The third-order valence-electron chi connectivity index (χ3n) is 3.40. The lowest BCUT2D eigenvalue weighted by atomic mass is 10.1. The van der Waals surface area contributed by atoms with E-state index in [0.717, 1.165) is 33.3 Å². The van der Waals surface area contributed by atoms with Crippen molar-refractivity contribution in [2.75, 3.05) is 0 Å². The Morgan fingerprint density at radius 2 is 1.63 bits per heavy atom. The van der Waals surface area contributed by atoms with Crippen molar-refractivity contribution in [3.05, 3.63) is 78.4 Å². The first-order valence-electron chi connectivity index (χ1n) is 7.95. The molecule has 0 heterocycles. The molecule has 0 radical (unpaired) electrons. The van der Waals surface area contributed by atoms with Crippen molar-refractivity contribution in [2.45, 2.75) is 23.6 Å². The van der Waals surface area contributed by atoms with Gasteiger partial charge in [0.1, 0.15) is 5.75 Å². The Bertz CT molecular complexity index is 914. The molecule has 6 heteroatoms. The standard InChI is InChI=1S/C21H18O4S2/c1-5-19(22)26-17-10-11-18(14(4)12-17)20(23)25-15-6-8-16(9-7-15)27-21(24)13(2)3/h5-12H,1-2H2,3-4H3. The van der Waals surface area contributed by atoms with Gasteiger partial charge in [0.15, 0.2) is 0 Å². The molecule has 0 aliphatic rings. The summed E-state index contributed by atoms with van der Waals surface area (Å²) in [5.41, 5.74) is 1.60. The van der Waals surface area contributed by atoms with Crippen LogP contribution in [0.3, 0.4) is 0 Å². The topological polar surface area (TPSA) is 60.4 Å². The van der Waals surface area contributed by atoms with E-state index in [1.165, 1.54) is 6.08 Å². The van der Waals surface area contributed by atoms with E-state index in [0.29, 0.717) is 22.4 Å². The van der Waals surface area contributed by atoms with Crippen molar-refractivity contribution >= 4 is 39.7 Å². The molecule has 0 spiro atoms. The van der Waals surface area contributed by atoms with Crippen LogP contribution in [-0.4, -0.2) is 16.2 Å². The Kier molecular flexibility index (Phi) is 7.21. The van der Waals surface area contributed by atoms with Crippen LogP contribution in [0.5, 0.6) is 5.75 Å². The van der Waals surface area contributed by atoms with E-state index in [1.807, 2.05) is 0 Å². The van der Waals surface area contributed by atoms with Gasteiger partial charge < -0.3 is 4.74 Å². The van der Waals surface area contributed by atoms with Gasteiger partial charge in [-0.05, 0) is 97.0 Å². The number of carbonyl (C=O) groups excluding carboxylic acids is 3. The number of aryl methyl sites for hydroxylation is 1. The van der Waals surface area contributed by atoms with Crippen LogP contribution in [0.4, 0.5) is 0 Å². The zero-order valence-corrected chi connectivity index (χ0v) is 16.6. The number of rotatable bonds is 6. The van der Waals surface area contributed by atoms with Crippen LogP contribution in [0.1, 0.15) is 22.8 Å². The van der Waals surface area contributed by atoms with Gasteiger partial charge in [-0.3, -0.25) is 9.59 Å². The monoisotopic (exact) mass is 398 g/mol. The van der Waals surface area contributed by atoms with E-state index in [1.54, 1.807) is 56.3 Å². The number of hydrogen-bond acceptors (Lipinski definition) is 6. The largest absolute Gasteiger partial charge is 0.423 e. The molecule has 138 valence electrons. The maximum atomic E-state index is 12.4. The van der Waals surface area contributed by atoms with Crippen LogP contribution in [-0.2, 0) is 9.59 Å². The lowest BCUT2D eigenvalue weighted by Crippen LogP contribution is -2.10. The van der Waals surface area contributed by atoms with E-state index in [9.17, 15) is 14.4 Å². The summed E-state index contributed by atoms with van der Waals surface area (Å²) in [5, 5.41) is -0.268. The minimum Gasteiger partial charge on any atom is -0.423 e. The molecule has 27 heavy (non-hydrogen) atoms. The van der Waals surface area contributed by atoms with Crippen LogP contribution < -0.4 is 4.74 Å². The quantitative estimate of drug-likeness (QED) is 0.288. The molecule has 0 saturated carbocycles. The second kappa shape index (κ2) is 9.39. The summed E-state index contributed by atoms with van der Waals surface area (Å²) in [5.74, 6) is -0.107. The fourth-order valence-electron chi connectivity index (χ4n) is 2.02. The molecule has 2 aromatic rings. The van der Waals surface area contributed by atoms with Crippen LogP contribution in [0.2, 0.25) is 0 Å². The summed E-state index contributed by atoms with van der Waals surface area (Å²) < 4.78 is 5.39. The lowest BCUT2D eigenvalue weighted by Gasteiger charge is -2.09. The minimum atomic E-state index is -0.488. The Balaban J connectivity index is 2.06. The Hall–Kier alpha value is -2.57. The summed E-state index contributed by atoms with van der Waals surface area (Å²) in [6.07, 6.45) is 1.24. The molecule has 0 atom stereocenters. The third kappa shape index (κ3) is 5.98. The van der Waals surface area contributed by atoms with Crippen LogP contribution in [0, 0.1) is 6.92 Å². The van der Waals surface area contributed by atoms with Crippen molar-refractivity contribution in [2.24, 2.45) is 0 Å². The van der Waals surface area contributed by atoms with Gasteiger partial charge in [0.2, 0.25) is 10.2 Å². The van der Waals surface area contributed by atoms with Crippen molar-refractivity contribution < 1.29 is 19.1 Å². The van der Waals surface area contributed by atoms with Gasteiger partial charge in [-0.25, -0.2) is 4.79 Å². The summed E-state index contributed by atoms with van der Waals surface area (Å²) in [6.45, 7) is 10.5. The van der Waals surface area contributed by atoms with E-state index < -0.39 is 5.97 Å². The van der Waals surface area contributed by atoms with Crippen LogP contribution in [0.25, 0.3) is 0 Å². The number of hydrogen-bond donors (Lipinski definition) is 0. The third-order valence-corrected chi connectivity index (χ3v) is 5.30. The molecule has 0 bridgehead atoms. The van der Waals surface area contributed by atoms with Crippen molar-refractivity contribution in [3.63, 3.8) is 0 Å². The molecule has 0 N–H and O–H groups in total. The predicted molar refractivity (Wildman–Crippen MR) is 109 cm³/mol. The zero-order valence-electron chi connectivity index (χ0n) is 15.0. The van der Waals surface area contributed by atoms with Gasteiger partial charge in [-0.2, -0.15) is 0 Å². The van der Waals surface area contributed by atoms with Crippen molar-refractivity contribution in [1.29, 1.82) is 0 Å². The van der Waals surface area contributed by atoms with Gasteiger partial charge in [0.25, 0.3) is 0 Å². The van der Waals surface area contributed by atoms with Crippen LogP contribution in [0.15, 0.2) is 77.1 Å². The molecule has 0 saturated heterocycles. The fourth-order valence-corrected chi connectivity index (χ4v) is 3.37. The highest BCUT2D eigenvalue weighted by Crippen LogP contribution is 2.26. The number of carbonyl (C=O) groups is 3. The van der Waals surface area contributed by atoms with Crippen molar-refractivity contribution in [1.82, 2.24) is 0 Å². The number of thioether (sulfide) groups is 2. The number of ether oxygens (including phenoxy) is 1. The molecule has 0 aliphatic heterocycles. The van der Waals surface area contributed by atoms with Gasteiger partial charge in [-0.1, -0.05) is 13.2 Å². The highest BCUT2D eigenvalue weighted by molar-refractivity contribution is 8.14. The molecule has 0 unspecified atom stereocenters. The van der Waals surface area contributed by atoms with Gasteiger partial charge >= 0.3 is 5.97 Å². The van der Waals surface area contributed by atoms with E-state index >= 15 is 0 Å². The molecule has 2 aromatic carbocycles. The first-order chi connectivity index (χ1) is 12.8. The Labute approximate surface area is 166 Å². The summed E-state index contributed by atoms with van der Waals surface area (Å²) >= 11 is 2.12. The molecular weight excluding hydrogens is 380 g/mol. The van der Waals surface area contributed by atoms with Gasteiger partial charge in [0.05, 0.1) is 5.56 Å². The molecule has 0 aliphatic carbocycles. The highest BCUT2D eigenvalue weighted by Gasteiger charge is 2.13. The average Bonchev–Trinajstić information content (AvgIpc) is 2.63. The van der Waals surface area contributed by atoms with E-state index in [2.05, 4.69) is 13.2 Å². The molecule has 0 fully saturated rings. The summed E-state index contributed by atoms with van der Waals surface area (Å²) in [7, 11) is 0. The maximum absolute atomic E-state index is 12.4. The molecule has 4 nitrogen and oxygen atoms in total. The van der Waals surface area contributed by atoms with Gasteiger partial charge in [-0.15, -0.1) is 0 Å². The molecule has 0 amide bonds. The van der Waals surface area contributed by atoms with Crippen molar-refractivity contribution in [3.8, 4) is 5.75 Å².